The van der Waals surface area contributed by atoms with Crippen LogP contribution < -0.4 is 28.1 Å². The van der Waals surface area contributed by atoms with Gasteiger partial charge >= 0.3 is 237 Å². The van der Waals surface area contributed by atoms with Gasteiger partial charge in [-0.2, -0.15) is 0 Å². The second kappa shape index (κ2) is 12.0. The zero-order chi connectivity index (χ0) is 26.8. The predicted octanol–water partition coefficient (Wildman–Crippen LogP) is 3.33. The molecule has 0 radical (unpaired) electrons. The summed E-state index contributed by atoms with van der Waals surface area (Å²) in [6, 6.07) is 12.4. The molecule has 4 heteroatoms. The molecule has 1 saturated carbocycles. The minimum atomic E-state index is -2.25. The van der Waals surface area contributed by atoms with E-state index in [-0.39, 0.29) is 35.6 Å². The maximum atomic E-state index is 2.74. The molecular weight excluding hydrogens is 611 g/mol. The van der Waals surface area contributed by atoms with Gasteiger partial charge in [0, 0.05) is 0 Å². The van der Waals surface area contributed by atoms with E-state index in [1.807, 2.05) is 9.76 Å². The standard InChI is InChI=1S/C21H25.C8H13Si.C6H10.2ClH.Zr/c1-20(2,3)16-7-9-18-14(12-16)11-15-13-17(21(4,5)6)8-10-19(15)18;1-9(2,3)8-6-4-5-7-8;1-2-4-6-5-3-1;;;/h7-10,12H,11H2,1-6H3;6-7H,4H2,1-3H3;1-5H2;2*1H;/q;;;;;+2/p-2. The number of benzene rings is 2. The van der Waals surface area contributed by atoms with Crippen LogP contribution in [0.1, 0.15) is 102 Å². The fourth-order valence-corrected chi connectivity index (χ4v) is 17.8. The van der Waals surface area contributed by atoms with E-state index in [1.54, 1.807) is 27.5 Å². The van der Waals surface area contributed by atoms with E-state index in [0.29, 0.717) is 0 Å². The molecule has 2 aromatic rings. The Hall–Kier alpha value is -0.530. The second-order valence-electron chi connectivity index (χ2n) is 14.9. The molecule has 0 unspecified atom stereocenters. The molecule has 3 aliphatic rings. The summed E-state index contributed by atoms with van der Waals surface area (Å²) in [5.41, 5.74) is 9.81. The van der Waals surface area contributed by atoms with Crippen molar-refractivity contribution in [1.82, 2.24) is 0 Å². The molecule has 0 amide bonds. The van der Waals surface area contributed by atoms with E-state index >= 15 is 0 Å². The van der Waals surface area contributed by atoms with E-state index in [9.17, 15) is 0 Å². The van der Waals surface area contributed by atoms with Gasteiger partial charge in [0.25, 0.3) is 0 Å². The zero-order valence-corrected chi connectivity index (χ0v) is 30.7. The van der Waals surface area contributed by atoms with E-state index in [0.717, 1.165) is 6.42 Å². The fourth-order valence-electron chi connectivity index (χ4n) is 6.67. The van der Waals surface area contributed by atoms with Crippen molar-refractivity contribution in [1.29, 1.82) is 0 Å². The van der Waals surface area contributed by atoms with Gasteiger partial charge in [-0.25, -0.2) is 0 Å². The van der Waals surface area contributed by atoms with Crippen LogP contribution in [0.25, 0.3) is 11.1 Å². The van der Waals surface area contributed by atoms with Crippen molar-refractivity contribution in [2.75, 3.05) is 0 Å². The summed E-state index contributed by atoms with van der Waals surface area (Å²) in [4.78, 5) is 0. The first kappa shape index (κ1) is 33.0. The van der Waals surface area contributed by atoms with Crippen molar-refractivity contribution in [2.45, 2.75) is 117 Å². The molecule has 0 aliphatic heterocycles. The maximum Gasteiger partial charge on any atom is -1.00 e. The smallest absolute Gasteiger partial charge is 1.00 e. The average molecular weight is 659 g/mol. The van der Waals surface area contributed by atoms with Crippen LogP contribution in [-0.2, 0) is 38.5 Å². The van der Waals surface area contributed by atoms with E-state index in [1.165, 1.54) is 49.7 Å². The van der Waals surface area contributed by atoms with Crippen LogP contribution in [0.3, 0.4) is 0 Å². The van der Waals surface area contributed by atoms with Crippen LogP contribution in [0.4, 0.5) is 0 Å². The molecule has 3 aliphatic carbocycles. The minimum absolute atomic E-state index is 0. The molecule has 0 saturated heterocycles. The number of hydrogen-bond acceptors (Lipinski definition) is 0. The van der Waals surface area contributed by atoms with Crippen LogP contribution in [0.2, 0.25) is 19.6 Å². The van der Waals surface area contributed by atoms with Crippen LogP contribution in [0.5, 0.6) is 0 Å². The molecule has 0 bridgehead atoms. The zero-order valence-electron chi connectivity index (χ0n) is 25.7. The molecule has 0 spiro atoms. The fraction of sp³-hybridized carbons (Fsp3) is 0.514. The van der Waals surface area contributed by atoms with Crippen LogP contribution in [-0.4, -0.2) is 11.3 Å². The quantitative estimate of drug-likeness (QED) is 0.379. The molecule has 2 aromatic carbocycles. The Morgan fingerprint density at radius 3 is 1.97 bits per heavy atom. The van der Waals surface area contributed by atoms with Crippen molar-refractivity contribution in [3.63, 3.8) is 0 Å². The molecule has 210 valence electrons. The Bertz CT molecular complexity index is 1330. The average Bonchev–Trinajstić information content (AvgIpc) is 3.44. The van der Waals surface area contributed by atoms with Gasteiger partial charge in [-0.05, 0) is 0 Å². The van der Waals surface area contributed by atoms with Gasteiger partial charge in [0.05, 0.1) is 0 Å². The molecule has 0 atom stereocenters. The molecule has 0 N–H and O–H groups in total. The summed E-state index contributed by atoms with van der Waals surface area (Å²) in [6.07, 6.45) is 14.8. The van der Waals surface area contributed by atoms with Gasteiger partial charge in [0.1, 0.15) is 0 Å². The first-order valence-electron chi connectivity index (χ1n) is 14.7. The Morgan fingerprint density at radius 2 is 1.41 bits per heavy atom. The number of allylic oxidation sites excluding steroid dienone is 4. The summed E-state index contributed by atoms with van der Waals surface area (Å²) in [7, 11) is -1.30. The van der Waals surface area contributed by atoms with Gasteiger partial charge < -0.3 is 24.8 Å². The van der Waals surface area contributed by atoms with E-state index < -0.39 is 29.3 Å². The minimum Gasteiger partial charge on any atom is -1.00 e. The first-order chi connectivity index (χ1) is 17.2. The van der Waals surface area contributed by atoms with Crippen molar-refractivity contribution in [2.24, 2.45) is 0 Å². The molecular formula is C35H48Cl2SiZr. The van der Waals surface area contributed by atoms with Gasteiger partial charge in [-0.15, -0.1) is 0 Å². The van der Waals surface area contributed by atoms with Crippen molar-refractivity contribution in [3.05, 3.63) is 73.2 Å². The number of rotatable bonds is 3. The predicted molar refractivity (Wildman–Crippen MR) is 164 cm³/mol. The molecule has 39 heavy (non-hydrogen) atoms. The summed E-state index contributed by atoms with van der Waals surface area (Å²) in [6.45, 7) is 22.0. The van der Waals surface area contributed by atoms with Crippen molar-refractivity contribution >= 4 is 14.6 Å². The van der Waals surface area contributed by atoms with E-state index in [4.69, 9.17) is 0 Å². The Kier molecular flexibility index (Phi) is 10.1. The summed E-state index contributed by atoms with van der Waals surface area (Å²) in [5, 5.41) is 1.71. The Balaban J connectivity index is 0.00000210. The second-order valence-corrected chi connectivity index (χ2v) is 26.4. The molecule has 0 aromatic heterocycles. The molecule has 0 heterocycles. The van der Waals surface area contributed by atoms with Gasteiger partial charge in [-0.3, -0.25) is 0 Å². The maximum absolute atomic E-state index is 2.74. The largest absolute Gasteiger partial charge is 1.00 e. The van der Waals surface area contributed by atoms with Crippen molar-refractivity contribution < 1.29 is 46.1 Å². The third-order valence-corrected chi connectivity index (χ3v) is 19.0. The summed E-state index contributed by atoms with van der Waals surface area (Å²) >= 11 is -2.25. The van der Waals surface area contributed by atoms with Crippen molar-refractivity contribution in [3.8, 4) is 11.1 Å². The third kappa shape index (κ3) is 6.61. The number of hydrogen-bond donors (Lipinski definition) is 0. The molecule has 5 rings (SSSR count). The van der Waals surface area contributed by atoms with Crippen LogP contribution in [0, 0.1) is 0 Å². The van der Waals surface area contributed by atoms with Crippen LogP contribution >= 0.6 is 0 Å². The number of halogens is 2. The summed E-state index contributed by atoms with van der Waals surface area (Å²) in [5.74, 6) is 0. The monoisotopic (exact) mass is 656 g/mol. The van der Waals surface area contributed by atoms with Gasteiger partial charge in [0.2, 0.25) is 0 Å². The van der Waals surface area contributed by atoms with Gasteiger partial charge in [-0.1, -0.05) is 0 Å². The first-order valence-corrected chi connectivity index (χ1v) is 21.9. The van der Waals surface area contributed by atoms with Crippen LogP contribution in [0.15, 0.2) is 51.0 Å². The normalized spacial score (nSPS) is 16.8. The topological polar surface area (TPSA) is 0 Å². The van der Waals surface area contributed by atoms with E-state index in [2.05, 4.69) is 104 Å². The number of fused-ring (bicyclic) bond motifs is 3. The SMILES string of the molecule is CC(C)(C)c1ccc2c(c1)Cc1c-2ccc(C(C)(C)C)[c]1[Zr+2]([C]1=CC([Si](C)(C)C)=CC1)=[C]1CCCCC1.[Cl-].[Cl-]. The summed E-state index contributed by atoms with van der Waals surface area (Å²) < 4.78 is 5.76. The Labute approximate surface area is 260 Å². The van der Waals surface area contributed by atoms with Gasteiger partial charge in [0.15, 0.2) is 0 Å². The third-order valence-electron chi connectivity index (χ3n) is 8.87. The molecule has 1 fully saturated rings. The Morgan fingerprint density at radius 1 is 0.769 bits per heavy atom. The molecule has 0 nitrogen and oxygen atoms in total.